The van der Waals surface area contributed by atoms with Crippen LogP contribution in [0.15, 0.2) is 65.1 Å². The lowest BCUT2D eigenvalue weighted by molar-refractivity contribution is 0.0948. The van der Waals surface area contributed by atoms with Crippen molar-refractivity contribution in [3.8, 4) is 10.8 Å². The summed E-state index contributed by atoms with van der Waals surface area (Å²) in [4.78, 5) is 29.0. The number of carbonyl (C=O) groups is 2. The second-order valence-corrected chi connectivity index (χ2v) is 8.30. The minimum atomic E-state index is -0.314. The molecule has 7 nitrogen and oxygen atoms in total. The lowest BCUT2D eigenvalue weighted by Gasteiger charge is -2.11. The third-order valence-electron chi connectivity index (χ3n) is 4.39. The predicted molar refractivity (Wildman–Crippen MR) is 122 cm³/mol. The Labute approximate surface area is 183 Å². The number of thiazole rings is 1. The van der Waals surface area contributed by atoms with Crippen molar-refractivity contribution < 1.29 is 14.0 Å². The lowest BCUT2D eigenvalue weighted by Crippen LogP contribution is -2.34. The largest absolute Gasteiger partial charge is 0.457 e. The topological polar surface area (TPSA) is 96.3 Å². The molecule has 2 aromatic heterocycles. The van der Waals surface area contributed by atoms with E-state index in [1.165, 1.54) is 0 Å². The van der Waals surface area contributed by atoms with Crippen LogP contribution in [-0.4, -0.2) is 23.0 Å². The molecule has 0 bridgehead atoms. The standard InChI is InChI=1S/C23H22N4O3S/c1-14(2)25-23(29)26-16-7-5-6-15(12-16)21(28)24-13-17-10-11-19(30-17)22-27-18-8-3-4-9-20(18)31-22/h3-12,14H,13H2,1-2H3,(H,24,28)(H2,25,26,29). The van der Waals surface area contributed by atoms with Crippen LogP contribution in [0.1, 0.15) is 30.0 Å². The number of furan rings is 1. The van der Waals surface area contributed by atoms with Gasteiger partial charge in [-0.05, 0) is 56.3 Å². The minimum Gasteiger partial charge on any atom is -0.457 e. The number of hydrogen-bond donors (Lipinski definition) is 3. The molecule has 0 fully saturated rings. The quantitative estimate of drug-likeness (QED) is 0.397. The smallest absolute Gasteiger partial charge is 0.319 e. The zero-order valence-electron chi connectivity index (χ0n) is 17.1. The van der Waals surface area contributed by atoms with Crippen LogP contribution in [0.3, 0.4) is 0 Å². The van der Waals surface area contributed by atoms with Crippen molar-refractivity contribution in [2.75, 3.05) is 5.32 Å². The van der Waals surface area contributed by atoms with Gasteiger partial charge in [0.2, 0.25) is 0 Å². The Morgan fingerprint density at radius 3 is 2.71 bits per heavy atom. The van der Waals surface area contributed by atoms with Crippen molar-refractivity contribution in [1.29, 1.82) is 0 Å². The number of aromatic nitrogens is 1. The Hall–Kier alpha value is -3.65. The molecular formula is C23H22N4O3S. The van der Waals surface area contributed by atoms with Gasteiger partial charge in [-0.25, -0.2) is 9.78 Å². The number of nitrogens with one attached hydrogen (secondary N) is 3. The average Bonchev–Trinajstić information content (AvgIpc) is 3.38. The van der Waals surface area contributed by atoms with Crippen LogP contribution in [0, 0.1) is 0 Å². The molecule has 0 atom stereocenters. The van der Waals surface area contributed by atoms with Crippen LogP contribution in [0.5, 0.6) is 0 Å². The first-order chi connectivity index (χ1) is 15.0. The van der Waals surface area contributed by atoms with Gasteiger partial charge in [0, 0.05) is 17.3 Å². The zero-order chi connectivity index (χ0) is 21.8. The number of rotatable bonds is 6. The maximum absolute atomic E-state index is 12.5. The number of fused-ring (bicyclic) bond motifs is 1. The summed E-state index contributed by atoms with van der Waals surface area (Å²) < 4.78 is 6.96. The number of anilines is 1. The second kappa shape index (κ2) is 9.01. The highest BCUT2D eigenvalue weighted by Crippen LogP contribution is 2.31. The number of urea groups is 1. The van der Waals surface area contributed by atoms with Crippen LogP contribution in [-0.2, 0) is 6.54 Å². The summed E-state index contributed by atoms with van der Waals surface area (Å²) in [5, 5.41) is 9.11. The Balaban J connectivity index is 1.38. The average molecular weight is 435 g/mol. The van der Waals surface area contributed by atoms with Gasteiger partial charge in [0.15, 0.2) is 10.8 Å². The molecule has 158 valence electrons. The molecule has 0 radical (unpaired) electrons. The zero-order valence-corrected chi connectivity index (χ0v) is 18.0. The van der Waals surface area contributed by atoms with Gasteiger partial charge in [-0.2, -0.15) is 0 Å². The highest BCUT2D eigenvalue weighted by molar-refractivity contribution is 7.21. The van der Waals surface area contributed by atoms with Crippen molar-refractivity contribution in [2.24, 2.45) is 0 Å². The summed E-state index contributed by atoms with van der Waals surface area (Å²) in [6, 6.07) is 18.1. The van der Waals surface area contributed by atoms with E-state index < -0.39 is 0 Å². The highest BCUT2D eigenvalue weighted by Gasteiger charge is 2.12. The molecule has 0 aliphatic heterocycles. The molecule has 3 amide bonds. The van der Waals surface area contributed by atoms with Gasteiger partial charge in [0.05, 0.1) is 16.8 Å². The maximum Gasteiger partial charge on any atom is 0.319 e. The molecule has 4 aromatic rings. The number of benzene rings is 2. The Morgan fingerprint density at radius 1 is 1.06 bits per heavy atom. The first kappa shape index (κ1) is 20.6. The summed E-state index contributed by atoms with van der Waals surface area (Å²) in [5.74, 6) is 1.05. The molecule has 0 saturated heterocycles. The van der Waals surface area contributed by atoms with Crippen LogP contribution in [0.2, 0.25) is 0 Å². The van der Waals surface area contributed by atoms with E-state index in [9.17, 15) is 9.59 Å². The first-order valence-corrected chi connectivity index (χ1v) is 10.7. The van der Waals surface area contributed by atoms with E-state index in [1.807, 2.05) is 50.2 Å². The molecule has 0 spiro atoms. The van der Waals surface area contributed by atoms with Crippen molar-refractivity contribution in [1.82, 2.24) is 15.6 Å². The fourth-order valence-electron chi connectivity index (χ4n) is 3.00. The number of hydrogen-bond acceptors (Lipinski definition) is 5. The van der Waals surface area contributed by atoms with E-state index in [0.717, 1.165) is 15.2 Å². The number of nitrogens with zero attached hydrogens (tertiary/aromatic N) is 1. The van der Waals surface area contributed by atoms with E-state index in [0.29, 0.717) is 22.8 Å². The van der Waals surface area contributed by atoms with Crippen LogP contribution in [0.4, 0.5) is 10.5 Å². The Bertz CT molecular complexity index is 1200. The van der Waals surface area contributed by atoms with Crippen LogP contribution >= 0.6 is 11.3 Å². The molecule has 0 aliphatic carbocycles. The van der Waals surface area contributed by atoms with E-state index in [-0.39, 0.29) is 24.5 Å². The van der Waals surface area contributed by atoms with Crippen molar-refractivity contribution in [3.63, 3.8) is 0 Å². The fraction of sp³-hybridized carbons (Fsp3) is 0.174. The van der Waals surface area contributed by atoms with E-state index in [4.69, 9.17) is 4.42 Å². The molecule has 4 rings (SSSR count). The third kappa shape index (κ3) is 5.10. The van der Waals surface area contributed by atoms with Gasteiger partial charge < -0.3 is 20.4 Å². The van der Waals surface area contributed by atoms with E-state index >= 15 is 0 Å². The predicted octanol–water partition coefficient (Wildman–Crippen LogP) is 5.02. The molecule has 0 unspecified atom stereocenters. The fourth-order valence-corrected chi connectivity index (χ4v) is 3.93. The van der Waals surface area contributed by atoms with Gasteiger partial charge in [-0.3, -0.25) is 4.79 Å². The minimum absolute atomic E-state index is 0.0208. The normalized spacial score (nSPS) is 10.9. The van der Waals surface area contributed by atoms with Gasteiger partial charge >= 0.3 is 6.03 Å². The number of carbonyl (C=O) groups excluding carboxylic acids is 2. The SMILES string of the molecule is CC(C)NC(=O)Nc1cccc(C(=O)NCc2ccc(-c3nc4ccccc4s3)o2)c1. The Kier molecular flexibility index (Phi) is 5.99. The van der Waals surface area contributed by atoms with E-state index in [2.05, 4.69) is 20.9 Å². The summed E-state index contributed by atoms with van der Waals surface area (Å²) >= 11 is 1.56. The van der Waals surface area contributed by atoms with Crippen LogP contribution in [0.25, 0.3) is 21.0 Å². The molecule has 31 heavy (non-hydrogen) atoms. The summed E-state index contributed by atoms with van der Waals surface area (Å²) in [6.07, 6.45) is 0. The van der Waals surface area contributed by atoms with Crippen molar-refractivity contribution in [3.05, 3.63) is 72.0 Å². The molecule has 2 heterocycles. The van der Waals surface area contributed by atoms with Gasteiger partial charge in [-0.1, -0.05) is 18.2 Å². The van der Waals surface area contributed by atoms with Gasteiger partial charge in [-0.15, -0.1) is 11.3 Å². The summed E-state index contributed by atoms with van der Waals surface area (Å²) in [7, 11) is 0. The molecule has 2 aromatic carbocycles. The van der Waals surface area contributed by atoms with Gasteiger partial charge in [0.1, 0.15) is 5.76 Å². The van der Waals surface area contributed by atoms with Crippen molar-refractivity contribution in [2.45, 2.75) is 26.4 Å². The molecule has 3 N–H and O–H groups in total. The van der Waals surface area contributed by atoms with Gasteiger partial charge in [0.25, 0.3) is 5.91 Å². The van der Waals surface area contributed by atoms with Crippen molar-refractivity contribution >= 4 is 39.2 Å². The monoisotopic (exact) mass is 434 g/mol. The maximum atomic E-state index is 12.5. The number of amides is 3. The number of para-hydroxylation sites is 1. The first-order valence-electron chi connectivity index (χ1n) is 9.88. The highest BCUT2D eigenvalue weighted by atomic mass is 32.1. The third-order valence-corrected chi connectivity index (χ3v) is 5.44. The van der Waals surface area contributed by atoms with E-state index in [1.54, 1.807) is 35.6 Å². The van der Waals surface area contributed by atoms with Crippen LogP contribution < -0.4 is 16.0 Å². The molecular weight excluding hydrogens is 412 g/mol. The molecule has 0 saturated carbocycles. The molecule has 0 aliphatic rings. The molecule has 8 heteroatoms. The Morgan fingerprint density at radius 2 is 1.90 bits per heavy atom. The summed E-state index contributed by atoms with van der Waals surface area (Å²) in [6.45, 7) is 4.00. The summed E-state index contributed by atoms with van der Waals surface area (Å²) in [5.41, 5.74) is 1.92. The second-order valence-electron chi connectivity index (χ2n) is 7.27. The lowest BCUT2D eigenvalue weighted by atomic mass is 10.2.